The molecule has 1 amide bonds. The van der Waals surface area contributed by atoms with Crippen molar-refractivity contribution in [2.24, 2.45) is 0 Å². The maximum absolute atomic E-state index is 13.2. The number of benzene rings is 4. The SMILES string of the molecule is CCOc1ccc(NC(=O)C(C#N)=Cc2cc(-c3ccccc3)n(-c3ccc(Cl)cc3)c2-c2ccccc2)cc1. The highest BCUT2D eigenvalue weighted by molar-refractivity contribution is 6.30. The van der Waals surface area contributed by atoms with E-state index in [0.717, 1.165) is 33.8 Å². The monoisotopic (exact) mass is 543 g/mol. The lowest BCUT2D eigenvalue weighted by Gasteiger charge is -2.15. The number of nitriles is 1. The van der Waals surface area contributed by atoms with Gasteiger partial charge in [0.25, 0.3) is 5.91 Å². The van der Waals surface area contributed by atoms with Crippen molar-refractivity contribution in [3.63, 3.8) is 0 Å². The van der Waals surface area contributed by atoms with Crippen LogP contribution in [0.1, 0.15) is 12.5 Å². The number of carbonyl (C=O) groups excluding carboxylic acids is 1. The van der Waals surface area contributed by atoms with Crippen molar-refractivity contribution in [2.75, 3.05) is 11.9 Å². The Morgan fingerprint density at radius 1 is 0.900 bits per heavy atom. The average molecular weight is 544 g/mol. The first kappa shape index (κ1) is 26.6. The Hall–Kier alpha value is -5.05. The number of rotatable bonds is 8. The summed E-state index contributed by atoms with van der Waals surface area (Å²) in [4.78, 5) is 13.2. The number of nitrogens with one attached hydrogen (secondary N) is 1. The first-order valence-electron chi connectivity index (χ1n) is 12.9. The summed E-state index contributed by atoms with van der Waals surface area (Å²) in [7, 11) is 0. The van der Waals surface area contributed by atoms with Crippen molar-refractivity contribution >= 4 is 29.3 Å². The van der Waals surface area contributed by atoms with Crippen molar-refractivity contribution in [3.05, 3.63) is 131 Å². The predicted molar refractivity (Wildman–Crippen MR) is 161 cm³/mol. The Bertz CT molecular complexity index is 1680. The second-order valence-corrected chi connectivity index (χ2v) is 9.40. The lowest BCUT2D eigenvalue weighted by molar-refractivity contribution is -0.112. The molecule has 0 aliphatic heterocycles. The third-order valence-corrected chi connectivity index (χ3v) is 6.57. The molecule has 1 aromatic heterocycles. The van der Waals surface area contributed by atoms with E-state index in [1.807, 2.05) is 97.9 Å². The van der Waals surface area contributed by atoms with Crippen LogP contribution in [0, 0.1) is 11.3 Å². The van der Waals surface area contributed by atoms with E-state index in [1.165, 1.54) is 0 Å². The van der Waals surface area contributed by atoms with Gasteiger partial charge in [-0.1, -0.05) is 72.3 Å². The normalized spacial score (nSPS) is 11.1. The minimum Gasteiger partial charge on any atom is -0.494 e. The molecule has 5 aromatic rings. The molecule has 0 fully saturated rings. The van der Waals surface area contributed by atoms with Crippen LogP contribution in [0.5, 0.6) is 5.75 Å². The number of amides is 1. The molecule has 1 heterocycles. The Morgan fingerprint density at radius 3 is 2.12 bits per heavy atom. The zero-order chi connectivity index (χ0) is 27.9. The quantitative estimate of drug-likeness (QED) is 0.158. The molecule has 4 aromatic carbocycles. The van der Waals surface area contributed by atoms with E-state index >= 15 is 0 Å². The van der Waals surface area contributed by atoms with E-state index in [0.29, 0.717) is 23.1 Å². The van der Waals surface area contributed by atoms with Gasteiger partial charge in [-0.2, -0.15) is 5.26 Å². The molecule has 0 saturated heterocycles. The second kappa shape index (κ2) is 12.2. The van der Waals surface area contributed by atoms with Crippen LogP contribution >= 0.6 is 11.6 Å². The number of anilines is 1. The maximum atomic E-state index is 13.2. The lowest BCUT2D eigenvalue weighted by Crippen LogP contribution is -2.13. The smallest absolute Gasteiger partial charge is 0.266 e. The number of halogens is 1. The van der Waals surface area contributed by atoms with Crippen molar-refractivity contribution in [1.29, 1.82) is 5.26 Å². The van der Waals surface area contributed by atoms with Crippen LogP contribution in [0.25, 0.3) is 34.3 Å². The van der Waals surface area contributed by atoms with E-state index in [9.17, 15) is 10.1 Å². The highest BCUT2D eigenvalue weighted by Crippen LogP contribution is 2.37. The summed E-state index contributed by atoms with van der Waals surface area (Å²) >= 11 is 6.22. The number of aromatic nitrogens is 1. The van der Waals surface area contributed by atoms with Crippen LogP contribution in [0.3, 0.4) is 0 Å². The Labute approximate surface area is 238 Å². The first-order chi connectivity index (χ1) is 19.6. The summed E-state index contributed by atoms with van der Waals surface area (Å²) in [5.41, 5.74) is 5.89. The fourth-order valence-electron chi connectivity index (χ4n) is 4.51. The van der Waals surface area contributed by atoms with Gasteiger partial charge in [-0.15, -0.1) is 0 Å². The fraction of sp³-hybridized carbons (Fsp3) is 0.0588. The highest BCUT2D eigenvalue weighted by Gasteiger charge is 2.20. The number of hydrogen-bond acceptors (Lipinski definition) is 3. The van der Waals surface area contributed by atoms with Crippen LogP contribution < -0.4 is 10.1 Å². The molecule has 0 atom stereocenters. The van der Waals surface area contributed by atoms with Gasteiger partial charge in [0.2, 0.25) is 0 Å². The Kier molecular flexibility index (Phi) is 8.10. The van der Waals surface area contributed by atoms with Crippen molar-refractivity contribution in [3.8, 4) is 40.0 Å². The molecule has 0 aliphatic carbocycles. The topological polar surface area (TPSA) is 67.0 Å². The van der Waals surface area contributed by atoms with Gasteiger partial charge in [-0.25, -0.2) is 0 Å². The molecule has 1 N–H and O–H groups in total. The van der Waals surface area contributed by atoms with Crippen LogP contribution in [-0.2, 0) is 4.79 Å². The largest absolute Gasteiger partial charge is 0.494 e. The molecule has 0 unspecified atom stereocenters. The summed E-state index contributed by atoms with van der Waals surface area (Å²) in [5, 5.41) is 13.5. The fourth-order valence-corrected chi connectivity index (χ4v) is 4.64. The van der Waals surface area contributed by atoms with Gasteiger partial charge in [0.15, 0.2) is 0 Å². The molecule has 0 saturated carbocycles. The number of nitrogens with zero attached hydrogens (tertiary/aromatic N) is 2. The van der Waals surface area contributed by atoms with E-state index in [1.54, 1.807) is 30.3 Å². The molecular formula is C34H26ClN3O2. The summed E-state index contributed by atoms with van der Waals surface area (Å²) in [5.74, 6) is 0.215. The molecule has 0 aliphatic rings. The van der Waals surface area contributed by atoms with Gasteiger partial charge in [0.1, 0.15) is 17.4 Å². The van der Waals surface area contributed by atoms with E-state index in [4.69, 9.17) is 16.3 Å². The molecule has 6 heteroatoms. The molecule has 5 nitrogen and oxygen atoms in total. The van der Waals surface area contributed by atoms with Crippen molar-refractivity contribution < 1.29 is 9.53 Å². The molecule has 0 spiro atoms. The van der Waals surface area contributed by atoms with Crippen LogP contribution in [0.15, 0.2) is 121 Å². The Balaban J connectivity index is 1.65. The van der Waals surface area contributed by atoms with E-state index in [2.05, 4.69) is 16.0 Å². The van der Waals surface area contributed by atoms with E-state index < -0.39 is 5.91 Å². The number of carbonyl (C=O) groups is 1. The van der Waals surface area contributed by atoms with Gasteiger partial charge in [-0.3, -0.25) is 4.79 Å². The summed E-state index contributed by atoms with van der Waals surface area (Å²) in [6, 6.07) is 38.7. The van der Waals surface area contributed by atoms with Crippen LogP contribution in [0.4, 0.5) is 5.69 Å². The van der Waals surface area contributed by atoms with Gasteiger partial charge in [0, 0.05) is 22.0 Å². The molecular weight excluding hydrogens is 518 g/mol. The molecule has 0 radical (unpaired) electrons. The minimum absolute atomic E-state index is 0.0149. The van der Waals surface area contributed by atoms with E-state index in [-0.39, 0.29) is 5.57 Å². The van der Waals surface area contributed by atoms with Gasteiger partial charge in [-0.05, 0) is 78.7 Å². The van der Waals surface area contributed by atoms with Crippen LogP contribution in [-0.4, -0.2) is 17.1 Å². The molecule has 5 rings (SSSR count). The van der Waals surface area contributed by atoms with Gasteiger partial charge < -0.3 is 14.6 Å². The zero-order valence-corrected chi connectivity index (χ0v) is 22.6. The van der Waals surface area contributed by atoms with Crippen molar-refractivity contribution in [2.45, 2.75) is 6.92 Å². The number of ether oxygens (including phenoxy) is 1. The third-order valence-electron chi connectivity index (χ3n) is 6.32. The standard InChI is InChI=1S/C34H26ClN3O2/c1-2-40-31-19-15-29(16-20-31)37-34(39)27(23-36)21-26-22-32(24-9-5-3-6-10-24)38(30-17-13-28(35)14-18-30)33(26)25-11-7-4-8-12-25/h3-22H,2H2,1H3,(H,37,39). The van der Waals surface area contributed by atoms with Crippen molar-refractivity contribution in [1.82, 2.24) is 4.57 Å². The predicted octanol–water partition coefficient (Wildman–Crippen LogP) is 8.41. The highest BCUT2D eigenvalue weighted by atomic mass is 35.5. The maximum Gasteiger partial charge on any atom is 0.266 e. The Morgan fingerprint density at radius 2 is 1.52 bits per heavy atom. The molecule has 40 heavy (non-hydrogen) atoms. The van der Waals surface area contributed by atoms with Gasteiger partial charge in [0.05, 0.1) is 18.0 Å². The third kappa shape index (κ3) is 5.83. The molecule has 0 bridgehead atoms. The van der Waals surface area contributed by atoms with Gasteiger partial charge >= 0.3 is 0 Å². The first-order valence-corrected chi connectivity index (χ1v) is 13.2. The average Bonchev–Trinajstić information content (AvgIpc) is 3.37. The summed E-state index contributed by atoms with van der Waals surface area (Å²) in [6.45, 7) is 2.46. The molecule has 196 valence electrons. The summed E-state index contributed by atoms with van der Waals surface area (Å²) in [6.07, 6.45) is 1.64. The number of hydrogen-bond donors (Lipinski definition) is 1. The second-order valence-electron chi connectivity index (χ2n) is 8.96. The zero-order valence-electron chi connectivity index (χ0n) is 21.8. The minimum atomic E-state index is -0.494. The summed E-state index contributed by atoms with van der Waals surface area (Å²) < 4.78 is 7.61. The van der Waals surface area contributed by atoms with Crippen LogP contribution in [0.2, 0.25) is 5.02 Å². The lowest BCUT2D eigenvalue weighted by atomic mass is 10.0.